The van der Waals surface area contributed by atoms with Gasteiger partial charge in [0.15, 0.2) is 0 Å². The number of aryl methyl sites for hydroxylation is 1. The van der Waals surface area contributed by atoms with Crippen LogP contribution in [0.15, 0.2) is 48.5 Å². The van der Waals surface area contributed by atoms with E-state index in [1.807, 2.05) is 45.0 Å². The molecule has 144 valence electrons. The van der Waals surface area contributed by atoms with E-state index in [0.29, 0.717) is 34.7 Å². The molecule has 0 saturated carbocycles. The highest BCUT2D eigenvalue weighted by atomic mass is 35.5. The lowest BCUT2D eigenvalue weighted by Crippen LogP contribution is -2.16. The van der Waals surface area contributed by atoms with Crippen LogP contribution in [0.25, 0.3) is 0 Å². The normalized spacial score (nSPS) is 10.4. The van der Waals surface area contributed by atoms with Crippen molar-refractivity contribution in [3.05, 3.63) is 70.5 Å². The van der Waals surface area contributed by atoms with E-state index in [9.17, 15) is 4.79 Å². The van der Waals surface area contributed by atoms with Gasteiger partial charge in [-0.25, -0.2) is 9.97 Å². The van der Waals surface area contributed by atoms with Crippen LogP contribution >= 0.6 is 11.6 Å². The predicted octanol–water partition coefficient (Wildman–Crippen LogP) is 5.14. The summed E-state index contributed by atoms with van der Waals surface area (Å²) in [5.41, 5.74) is 3.09. The predicted molar refractivity (Wildman–Crippen MR) is 112 cm³/mol. The van der Waals surface area contributed by atoms with Gasteiger partial charge in [0, 0.05) is 16.4 Å². The van der Waals surface area contributed by atoms with E-state index in [-0.39, 0.29) is 11.6 Å². The Morgan fingerprint density at radius 1 is 1.07 bits per heavy atom. The second-order valence-electron chi connectivity index (χ2n) is 6.14. The molecule has 6 nitrogen and oxygen atoms in total. The summed E-state index contributed by atoms with van der Waals surface area (Å²) in [7, 11) is 0. The molecule has 1 heterocycles. The molecule has 3 rings (SSSR count). The summed E-state index contributed by atoms with van der Waals surface area (Å²) in [5.74, 6) is 0.674. The quantitative estimate of drug-likeness (QED) is 0.603. The van der Waals surface area contributed by atoms with E-state index in [4.69, 9.17) is 16.3 Å². The first-order valence-corrected chi connectivity index (χ1v) is 9.26. The van der Waals surface area contributed by atoms with Crippen LogP contribution in [-0.2, 0) is 0 Å². The summed E-state index contributed by atoms with van der Waals surface area (Å²) in [6.45, 7) is 6.11. The fourth-order valence-corrected chi connectivity index (χ4v) is 2.82. The van der Waals surface area contributed by atoms with Crippen LogP contribution in [0.3, 0.4) is 0 Å². The Balaban J connectivity index is 1.85. The van der Waals surface area contributed by atoms with Crippen molar-refractivity contribution in [2.24, 2.45) is 0 Å². The van der Waals surface area contributed by atoms with Crippen molar-refractivity contribution in [2.45, 2.75) is 20.8 Å². The van der Waals surface area contributed by atoms with Gasteiger partial charge in [-0.1, -0.05) is 29.8 Å². The average Bonchev–Trinajstić information content (AvgIpc) is 2.67. The number of hydrogen-bond acceptors (Lipinski definition) is 5. The van der Waals surface area contributed by atoms with Crippen molar-refractivity contribution < 1.29 is 9.53 Å². The second kappa shape index (κ2) is 8.71. The monoisotopic (exact) mass is 396 g/mol. The summed E-state index contributed by atoms with van der Waals surface area (Å²) in [6, 6.07) is 14.5. The van der Waals surface area contributed by atoms with E-state index in [2.05, 4.69) is 20.6 Å². The number of anilines is 3. The molecule has 1 aromatic heterocycles. The Morgan fingerprint density at radius 3 is 2.61 bits per heavy atom. The van der Waals surface area contributed by atoms with E-state index in [1.54, 1.807) is 24.3 Å². The van der Waals surface area contributed by atoms with Gasteiger partial charge < -0.3 is 15.4 Å². The molecule has 2 N–H and O–H groups in total. The minimum Gasteiger partial charge on any atom is -0.492 e. The zero-order valence-corrected chi connectivity index (χ0v) is 16.7. The molecule has 0 fully saturated rings. The molecule has 0 bridgehead atoms. The molecular weight excluding hydrogens is 376 g/mol. The van der Waals surface area contributed by atoms with Gasteiger partial charge in [-0.3, -0.25) is 4.79 Å². The number of hydrogen-bond donors (Lipinski definition) is 2. The molecule has 0 spiro atoms. The average molecular weight is 397 g/mol. The number of amides is 1. The fraction of sp³-hybridized carbons (Fsp3) is 0.190. The van der Waals surface area contributed by atoms with Crippen LogP contribution in [0.5, 0.6) is 5.75 Å². The maximum atomic E-state index is 12.7. The highest BCUT2D eigenvalue weighted by Gasteiger charge is 2.14. The smallest absolute Gasteiger partial charge is 0.274 e. The van der Waals surface area contributed by atoms with Crippen LogP contribution in [0.2, 0.25) is 5.02 Å². The molecule has 28 heavy (non-hydrogen) atoms. The molecular formula is C21H21ClN4O2. The number of carbonyl (C=O) groups excluding carboxylic acids is 1. The van der Waals surface area contributed by atoms with Gasteiger partial charge in [-0.15, -0.1) is 0 Å². The Morgan fingerprint density at radius 2 is 1.82 bits per heavy atom. The first kappa shape index (κ1) is 19.6. The van der Waals surface area contributed by atoms with Gasteiger partial charge in [0.25, 0.3) is 5.91 Å². The van der Waals surface area contributed by atoms with Crippen molar-refractivity contribution in [2.75, 3.05) is 17.2 Å². The van der Waals surface area contributed by atoms with Gasteiger partial charge in [0.05, 0.1) is 12.3 Å². The molecule has 0 radical (unpaired) electrons. The number of nitrogens with zero attached hydrogens (tertiary/aromatic N) is 2. The Bertz CT molecular complexity index is 1010. The third kappa shape index (κ3) is 4.58. The highest BCUT2D eigenvalue weighted by molar-refractivity contribution is 6.31. The third-order valence-electron chi connectivity index (χ3n) is 4.04. The lowest BCUT2D eigenvalue weighted by Gasteiger charge is -2.13. The zero-order valence-electron chi connectivity index (χ0n) is 15.9. The highest BCUT2D eigenvalue weighted by Crippen LogP contribution is 2.27. The summed E-state index contributed by atoms with van der Waals surface area (Å²) < 4.78 is 5.61. The van der Waals surface area contributed by atoms with Gasteiger partial charge >= 0.3 is 0 Å². The van der Waals surface area contributed by atoms with Gasteiger partial charge in [-0.2, -0.15) is 0 Å². The van der Waals surface area contributed by atoms with Crippen LogP contribution in [0.4, 0.5) is 17.3 Å². The largest absolute Gasteiger partial charge is 0.492 e. The number of ether oxygens (including phenoxy) is 1. The number of aromatic nitrogens is 2. The number of para-hydroxylation sites is 2. The zero-order chi connectivity index (χ0) is 20.1. The maximum absolute atomic E-state index is 12.7. The summed E-state index contributed by atoms with van der Waals surface area (Å²) >= 11 is 6.13. The third-order valence-corrected chi connectivity index (χ3v) is 4.45. The topological polar surface area (TPSA) is 76.1 Å². The summed E-state index contributed by atoms with van der Waals surface area (Å²) in [4.78, 5) is 21.4. The minimum absolute atomic E-state index is 0.253. The first-order valence-electron chi connectivity index (χ1n) is 8.89. The van der Waals surface area contributed by atoms with E-state index in [0.717, 1.165) is 11.3 Å². The van der Waals surface area contributed by atoms with Crippen molar-refractivity contribution >= 4 is 34.8 Å². The van der Waals surface area contributed by atoms with Crippen LogP contribution in [-0.4, -0.2) is 22.5 Å². The maximum Gasteiger partial charge on any atom is 0.274 e. The standard InChI is InChI=1S/C21H21ClN4O2/c1-4-28-19-11-6-5-9-17(19)25-21-23-13(2)12-18(26-21)20(27)24-16-10-7-8-15(22)14(16)3/h5-12H,4H2,1-3H3,(H,24,27)(H,23,25,26). The van der Waals surface area contributed by atoms with Crippen molar-refractivity contribution in [3.8, 4) is 5.75 Å². The minimum atomic E-state index is -0.336. The van der Waals surface area contributed by atoms with Crippen LogP contribution < -0.4 is 15.4 Å². The fourth-order valence-electron chi connectivity index (χ4n) is 2.64. The Labute approximate surface area is 168 Å². The molecule has 0 aliphatic carbocycles. The summed E-state index contributed by atoms with van der Waals surface area (Å²) in [5, 5.41) is 6.57. The van der Waals surface area contributed by atoms with Crippen LogP contribution in [0.1, 0.15) is 28.7 Å². The lowest BCUT2D eigenvalue weighted by atomic mass is 10.2. The number of nitrogens with one attached hydrogen (secondary N) is 2. The van der Waals surface area contributed by atoms with Gasteiger partial charge in [0.2, 0.25) is 5.95 Å². The van der Waals surface area contributed by atoms with Crippen molar-refractivity contribution in [1.29, 1.82) is 0 Å². The van der Waals surface area contributed by atoms with Gasteiger partial charge in [0.1, 0.15) is 11.4 Å². The Hall–Kier alpha value is -3.12. The molecule has 0 aliphatic heterocycles. The molecule has 0 aliphatic rings. The molecule has 0 saturated heterocycles. The number of carbonyl (C=O) groups is 1. The molecule has 1 amide bonds. The molecule has 7 heteroatoms. The number of halogens is 1. The van der Waals surface area contributed by atoms with E-state index in [1.165, 1.54) is 0 Å². The Kier molecular flexibility index (Phi) is 6.11. The molecule has 0 atom stereocenters. The first-order chi connectivity index (χ1) is 13.5. The number of rotatable bonds is 6. The lowest BCUT2D eigenvalue weighted by molar-refractivity contribution is 0.102. The molecule has 2 aromatic carbocycles. The van der Waals surface area contributed by atoms with Gasteiger partial charge in [-0.05, 0) is 56.7 Å². The van der Waals surface area contributed by atoms with Crippen molar-refractivity contribution in [3.63, 3.8) is 0 Å². The SMILES string of the molecule is CCOc1ccccc1Nc1nc(C)cc(C(=O)Nc2cccc(Cl)c2C)n1. The molecule has 0 unspecified atom stereocenters. The summed E-state index contributed by atoms with van der Waals surface area (Å²) in [6.07, 6.45) is 0. The van der Waals surface area contributed by atoms with Crippen molar-refractivity contribution in [1.82, 2.24) is 9.97 Å². The van der Waals surface area contributed by atoms with E-state index >= 15 is 0 Å². The van der Waals surface area contributed by atoms with Crippen LogP contribution in [0, 0.1) is 13.8 Å². The second-order valence-corrected chi connectivity index (χ2v) is 6.55. The number of benzene rings is 2. The van der Waals surface area contributed by atoms with E-state index < -0.39 is 0 Å². The molecule has 3 aromatic rings.